The van der Waals surface area contributed by atoms with Crippen LogP contribution in [-0.4, -0.2) is 35.3 Å². The number of phenols is 1. The molecule has 1 saturated heterocycles. The Morgan fingerprint density at radius 2 is 2.26 bits per heavy atom. The molecule has 1 aromatic rings. The van der Waals surface area contributed by atoms with Gasteiger partial charge in [-0.15, -0.1) is 0 Å². The molecule has 1 N–H and O–H groups in total. The first-order valence-electron chi connectivity index (χ1n) is 7.02. The summed E-state index contributed by atoms with van der Waals surface area (Å²) in [5.74, 6) is -0.345. The maximum atomic E-state index is 14.0. The maximum Gasteiger partial charge on any atom is 0.131 e. The minimum absolute atomic E-state index is 0.0193. The van der Waals surface area contributed by atoms with Crippen LogP contribution in [0.2, 0.25) is 0 Å². The normalized spacial score (nSPS) is 29.2. The van der Waals surface area contributed by atoms with E-state index in [0.29, 0.717) is 17.7 Å². The van der Waals surface area contributed by atoms with Gasteiger partial charge in [0.05, 0.1) is 12.7 Å². The smallest absolute Gasteiger partial charge is 0.131 e. The van der Waals surface area contributed by atoms with Crippen molar-refractivity contribution in [2.24, 2.45) is 0 Å². The van der Waals surface area contributed by atoms with Crippen LogP contribution in [0.25, 0.3) is 0 Å². The molecule has 3 rings (SSSR count). The van der Waals surface area contributed by atoms with Crippen molar-refractivity contribution >= 4 is 0 Å². The average molecular weight is 265 g/mol. The number of hydrogen-bond acceptors (Lipinski definition) is 3. The van der Waals surface area contributed by atoms with Gasteiger partial charge in [-0.2, -0.15) is 0 Å². The first-order valence-corrected chi connectivity index (χ1v) is 7.02. The summed E-state index contributed by atoms with van der Waals surface area (Å²) in [4.78, 5) is 2.36. The molecular weight excluding hydrogens is 245 g/mol. The molecule has 2 aliphatic rings. The number of benzene rings is 1. The fourth-order valence-corrected chi connectivity index (χ4v) is 3.47. The van der Waals surface area contributed by atoms with Gasteiger partial charge in [0.25, 0.3) is 0 Å². The molecule has 1 aliphatic heterocycles. The number of halogens is 1. The van der Waals surface area contributed by atoms with E-state index in [1.807, 2.05) is 6.92 Å². The van der Waals surface area contributed by atoms with Crippen LogP contribution in [0.5, 0.6) is 5.75 Å². The van der Waals surface area contributed by atoms with Gasteiger partial charge in [0.2, 0.25) is 0 Å². The molecule has 1 aromatic carbocycles. The van der Waals surface area contributed by atoms with E-state index >= 15 is 0 Å². The molecule has 0 amide bonds. The third kappa shape index (κ3) is 2.35. The molecule has 0 bridgehead atoms. The average Bonchev–Trinajstić information content (AvgIpc) is 2.86. The van der Waals surface area contributed by atoms with Crippen molar-refractivity contribution in [2.75, 3.05) is 13.2 Å². The van der Waals surface area contributed by atoms with Crippen LogP contribution in [0.3, 0.4) is 0 Å². The number of aromatic hydroxyl groups is 1. The van der Waals surface area contributed by atoms with Crippen molar-refractivity contribution in [3.63, 3.8) is 0 Å². The summed E-state index contributed by atoms with van der Waals surface area (Å²) in [5.41, 5.74) is 0.658. The molecule has 1 saturated carbocycles. The number of fused-ring (bicyclic) bond motifs is 1. The second-order valence-electron chi connectivity index (χ2n) is 5.53. The first kappa shape index (κ1) is 12.9. The Balaban J connectivity index is 1.84. The summed E-state index contributed by atoms with van der Waals surface area (Å²) in [5, 5.41) is 9.31. The quantitative estimate of drug-likeness (QED) is 0.892. The number of morpholine rings is 1. The summed E-state index contributed by atoms with van der Waals surface area (Å²) in [6.45, 7) is 3.62. The lowest BCUT2D eigenvalue weighted by atomic mass is 10.0. The van der Waals surface area contributed by atoms with Gasteiger partial charge in [-0.3, -0.25) is 4.90 Å². The Morgan fingerprint density at radius 3 is 3.05 bits per heavy atom. The predicted octanol–water partition coefficient (Wildman–Crippen LogP) is 2.85. The molecule has 4 heteroatoms. The van der Waals surface area contributed by atoms with Crippen molar-refractivity contribution in [1.82, 2.24) is 4.90 Å². The van der Waals surface area contributed by atoms with E-state index in [0.717, 1.165) is 26.0 Å². The fraction of sp³-hybridized carbons (Fsp3) is 0.600. The first-order chi connectivity index (χ1) is 9.16. The second kappa shape index (κ2) is 5.10. The Bertz CT molecular complexity index is 465. The highest BCUT2D eigenvalue weighted by Crippen LogP contribution is 2.36. The zero-order valence-corrected chi connectivity index (χ0v) is 11.2. The zero-order valence-electron chi connectivity index (χ0n) is 11.2. The molecule has 3 nitrogen and oxygen atoms in total. The molecule has 104 valence electrons. The van der Waals surface area contributed by atoms with Gasteiger partial charge >= 0.3 is 0 Å². The lowest BCUT2D eigenvalue weighted by molar-refractivity contribution is -0.0702. The summed E-state index contributed by atoms with van der Waals surface area (Å²) in [7, 11) is 0. The lowest BCUT2D eigenvalue weighted by Gasteiger charge is -2.41. The molecule has 1 aliphatic carbocycles. The van der Waals surface area contributed by atoms with Gasteiger partial charge in [-0.25, -0.2) is 4.39 Å². The Hall–Kier alpha value is -1.13. The van der Waals surface area contributed by atoms with E-state index in [9.17, 15) is 9.50 Å². The third-order valence-corrected chi connectivity index (χ3v) is 4.46. The van der Waals surface area contributed by atoms with Gasteiger partial charge in [0.1, 0.15) is 11.6 Å². The number of rotatable bonds is 2. The third-order valence-electron chi connectivity index (χ3n) is 4.46. The predicted molar refractivity (Wildman–Crippen MR) is 70.6 cm³/mol. The number of hydrogen-bond donors (Lipinski definition) is 1. The largest absolute Gasteiger partial charge is 0.508 e. The van der Waals surface area contributed by atoms with Crippen molar-refractivity contribution in [3.8, 4) is 5.75 Å². The molecule has 3 unspecified atom stereocenters. The van der Waals surface area contributed by atoms with E-state index in [4.69, 9.17) is 4.74 Å². The highest BCUT2D eigenvalue weighted by atomic mass is 19.1. The summed E-state index contributed by atoms with van der Waals surface area (Å²) >= 11 is 0. The van der Waals surface area contributed by atoms with Crippen LogP contribution in [0.1, 0.15) is 37.8 Å². The van der Waals surface area contributed by atoms with Crippen molar-refractivity contribution < 1.29 is 14.2 Å². The van der Waals surface area contributed by atoms with Crippen LogP contribution in [0.4, 0.5) is 4.39 Å². The van der Waals surface area contributed by atoms with E-state index in [1.165, 1.54) is 12.5 Å². The lowest BCUT2D eigenvalue weighted by Crippen LogP contribution is -2.49. The monoisotopic (exact) mass is 265 g/mol. The SMILES string of the molecule is CC(c1ccc(O)cc1F)N1CCOC2CCCC21. The molecule has 3 atom stereocenters. The molecule has 1 heterocycles. The molecular formula is C15H20FNO2. The van der Waals surface area contributed by atoms with E-state index < -0.39 is 0 Å². The summed E-state index contributed by atoms with van der Waals surface area (Å²) in [6, 6.07) is 4.88. The standard InChI is InChI=1S/C15H20FNO2/c1-10(12-6-5-11(18)9-13(12)16)17-7-8-19-15-4-2-3-14(15)17/h5-6,9-10,14-15,18H,2-4,7-8H2,1H3. The molecule has 0 aromatic heterocycles. The minimum atomic E-state index is -0.325. The maximum absolute atomic E-state index is 14.0. The molecule has 0 radical (unpaired) electrons. The second-order valence-corrected chi connectivity index (χ2v) is 5.53. The summed E-state index contributed by atoms with van der Waals surface area (Å²) < 4.78 is 19.8. The van der Waals surface area contributed by atoms with Crippen LogP contribution in [0, 0.1) is 5.82 Å². The van der Waals surface area contributed by atoms with Gasteiger partial charge in [0.15, 0.2) is 0 Å². The van der Waals surface area contributed by atoms with Gasteiger partial charge in [0, 0.05) is 30.3 Å². The van der Waals surface area contributed by atoms with Gasteiger partial charge in [-0.05, 0) is 32.3 Å². The van der Waals surface area contributed by atoms with E-state index in [1.54, 1.807) is 12.1 Å². The number of phenolic OH excluding ortho intramolecular Hbond substituents is 1. The Labute approximate surface area is 113 Å². The van der Waals surface area contributed by atoms with Crippen LogP contribution in [0.15, 0.2) is 18.2 Å². The van der Waals surface area contributed by atoms with Crippen LogP contribution < -0.4 is 0 Å². The fourth-order valence-electron chi connectivity index (χ4n) is 3.47. The topological polar surface area (TPSA) is 32.7 Å². The van der Waals surface area contributed by atoms with E-state index in [2.05, 4.69) is 4.90 Å². The zero-order chi connectivity index (χ0) is 13.4. The summed E-state index contributed by atoms with van der Waals surface area (Å²) in [6.07, 6.45) is 3.76. The molecule has 0 spiro atoms. The number of nitrogens with zero attached hydrogens (tertiary/aromatic N) is 1. The Morgan fingerprint density at radius 1 is 1.42 bits per heavy atom. The van der Waals surface area contributed by atoms with Crippen LogP contribution >= 0.6 is 0 Å². The number of ether oxygens (including phenoxy) is 1. The Kier molecular flexibility index (Phi) is 3.46. The van der Waals surface area contributed by atoms with Crippen molar-refractivity contribution in [3.05, 3.63) is 29.6 Å². The van der Waals surface area contributed by atoms with E-state index in [-0.39, 0.29) is 17.6 Å². The van der Waals surface area contributed by atoms with Gasteiger partial charge < -0.3 is 9.84 Å². The minimum Gasteiger partial charge on any atom is -0.508 e. The molecule has 19 heavy (non-hydrogen) atoms. The van der Waals surface area contributed by atoms with Crippen molar-refractivity contribution in [1.29, 1.82) is 0 Å². The van der Waals surface area contributed by atoms with Crippen LogP contribution in [-0.2, 0) is 4.74 Å². The van der Waals surface area contributed by atoms with Gasteiger partial charge in [-0.1, -0.05) is 6.07 Å². The molecule has 2 fully saturated rings. The highest BCUT2D eigenvalue weighted by Gasteiger charge is 2.38. The van der Waals surface area contributed by atoms with Crippen molar-refractivity contribution in [2.45, 2.75) is 44.4 Å². The highest BCUT2D eigenvalue weighted by molar-refractivity contribution is 5.29.